The summed E-state index contributed by atoms with van der Waals surface area (Å²) < 4.78 is 1.58. The summed E-state index contributed by atoms with van der Waals surface area (Å²) in [5.74, 6) is 0.131. The normalized spacial score (nSPS) is 13.1. The van der Waals surface area contributed by atoms with Crippen molar-refractivity contribution in [2.24, 2.45) is 7.05 Å². The summed E-state index contributed by atoms with van der Waals surface area (Å²) in [5.41, 5.74) is 4.26. The van der Waals surface area contributed by atoms with Crippen molar-refractivity contribution in [1.29, 1.82) is 0 Å². The van der Waals surface area contributed by atoms with Crippen LogP contribution in [0, 0.1) is 6.92 Å². The summed E-state index contributed by atoms with van der Waals surface area (Å²) in [7, 11) is 1.74. The van der Waals surface area contributed by atoms with E-state index >= 15 is 0 Å². The Morgan fingerprint density at radius 3 is 2.96 bits per heavy atom. The van der Waals surface area contributed by atoms with Crippen molar-refractivity contribution in [2.45, 2.75) is 44.7 Å². The van der Waals surface area contributed by atoms with E-state index in [4.69, 9.17) is 4.98 Å². The SMILES string of the molecule is CCc1cccc(C)c1NC(=O)CSc1nc2sc3c(c2c(=O)n1C)CCC3. The number of para-hydroxylation sites is 1. The number of hydrogen-bond acceptors (Lipinski definition) is 5. The van der Waals surface area contributed by atoms with E-state index in [0.717, 1.165) is 52.7 Å². The summed E-state index contributed by atoms with van der Waals surface area (Å²) in [4.78, 5) is 32.2. The summed E-state index contributed by atoms with van der Waals surface area (Å²) in [6.07, 6.45) is 3.99. The van der Waals surface area contributed by atoms with Gasteiger partial charge in [0.2, 0.25) is 5.91 Å². The van der Waals surface area contributed by atoms with E-state index in [1.54, 1.807) is 23.0 Å². The minimum absolute atomic E-state index is 0.000480. The van der Waals surface area contributed by atoms with Gasteiger partial charge in [0.1, 0.15) is 4.83 Å². The third kappa shape index (κ3) is 3.37. The predicted molar refractivity (Wildman–Crippen MR) is 117 cm³/mol. The molecule has 2 aromatic heterocycles. The molecule has 0 aliphatic heterocycles. The molecule has 1 N–H and O–H groups in total. The van der Waals surface area contributed by atoms with Gasteiger partial charge in [-0.3, -0.25) is 14.2 Å². The van der Waals surface area contributed by atoms with E-state index < -0.39 is 0 Å². The minimum Gasteiger partial charge on any atom is -0.325 e. The molecule has 0 spiro atoms. The molecule has 5 nitrogen and oxygen atoms in total. The second kappa shape index (κ2) is 7.72. The largest absolute Gasteiger partial charge is 0.325 e. The average Bonchev–Trinajstić information content (AvgIpc) is 3.26. The highest BCUT2D eigenvalue weighted by Crippen LogP contribution is 2.35. The van der Waals surface area contributed by atoms with E-state index in [1.807, 2.05) is 25.1 Å². The third-order valence-corrected chi connectivity index (χ3v) is 7.46. The lowest BCUT2D eigenvalue weighted by molar-refractivity contribution is -0.113. The van der Waals surface area contributed by atoms with E-state index in [1.165, 1.54) is 22.2 Å². The maximum Gasteiger partial charge on any atom is 0.262 e. The molecule has 0 saturated carbocycles. The van der Waals surface area contributed by atoms with Crippen LogP contribution in [0.4, 0.5) is 5.69 Å². The third-order valence-electron chi connectivity index (χ3n) is 5.24. The molecule has 0 bridgehead atoms. The number of benzene rings is 1. The van der Waals surface area contributed by atoms with E-state index in [-0.39, 0.29) is 17.2 Å². The van der Waals surface area contributed by atoms with E-state index in [2.05, 4.69) is 12.2 Å². The molecule has 146 valence electrons. The molecule has 1 aliphatic carbocycles. The number of rotatable bonds is 5. The van der Waals surface area contributed by atoms with Crippen molar-refractivity contribution in [3.63, 3.8) is 0 Å². The van der Waals surface area contributed by atoms with Gasteiger partial charge in [0.05, 0.1) is 11.1 Å². The van der Waals surface area contributed by atoms with Crippen LogP contribution >= 0.6 is 23.1 Å². The number of carbonyl (C=O) groups is 1. The molecule has 2 heterocycles. The number of hydrogen-bond donors (Lipinski definition) is 1. The number of nitrogens with zero attached hydrogens (tertiary/aromatic N) is 2. The molecule has 7 heteroatoms. The topological polar surface area (TPSA) is 64.0 Å². The fourth-order valence-corrected chi connectivity index (χ4v) is 5.82. The molecule has 1 aliphatic rings. The summed E-state index contributed by atoms with van der Waals surface area (Å²) in [6, 6.07) is 6.04. The second-order valence-corrected chi connectivity index (χ2v) is 9.12. The highest BCUT2D eigenvalue weighted by atomic mass is 32.2. The van der Waals surface area contributed by atoms with Crippen LogP contribution < -0.4 is 10.9 Å². The molecule has 0 fully saturated rings. The molecule has 1 amide bonds. The van der Waals surface area contributed by atoms with Crippen molar-refractivity contribution in [3.8, 4) is 0 Å². The fourth-order valence-electron chi connectivity index (χ4n) is 3.74. The first-order valence-electron chi connectivity index (χ1n) is 9.52. The Labute approximate surface area is 172 Å². The molecule has 1 aromatic carbocycles. The fraction of sp³-hybridized carbons (Fsp3) is 0.381. The van der Waals surface area contributed by atoms with Gasteiger partial charge in [0.15, 0.2) is 5.16 Å². The lowest BCUT2D eigenvalue weighted by atomic mass is 10.1. The summed E-state index contributed by atoms with van der Waals surface area (Å²) >= 11 is 2.94. The molecule has 0 saturated heterocycles. The maximum atomic E-state index is 12.8. The molecule has 0 atom stereocenters. The monoisotopic (exact) mass is 413 g/mol. The highest BCUT2D eigenvalue weighted by Gasteiger charge is 2.22. The number of fused-ring (bicyclic) bond motifs is 3. The number of aromatic nitrogens is 2. The van der Waals surface area contributed by atoms with Crippen LogP contribution in [-0.4, -0.2) is 21.2 Å². The van der Waals surface area contributed by atoms with Gasteiger partial charge < -0.3 is 5.32 Å². The first kappa shape index (κ1) is 19.2. The zero-order valence-electron chi connectivity index (χ0n) is 16.3. The van der Waals surface area contributed by atoms with Crippen molar-refractivity contribution in [3.05, 3.63) is 50.1 Å². The molecular weight excluding hydrogens is 390 g/mol. The first-order chi connectivity index (χ1) is 13.5. The van der Waals surface area contributed by atoms with Crippen molar-refractivity contribution < 1.29 is 4.79 Å². The quantitative estimate of drug-likeness (QED) is 0.506. The van der Waals surface area contributed by atoms with Crippen LogP contribution in [0.15, 0.2) is 28.2 Å². The van der Waals surface area contributed by atoms with Gasteiger partial charge in [-0.05, 0) is 49.3 Å². The molecule has 3 aromatic rings. The first-order valence-corrected chi connectivity index (χ1v) is 11.3. The summed E-state index contributed by atoms with van der Waals surface area (Å²) in [6.45, 7) is 4.07. The Bertz CT molecular complexity index is 1130. The van der Waals surface area contributed by atoms with E-state index in [0.29, 0.717) is 5.16 Å². The van der Waals surface area contributed by atoms with Crippen LogP contribution in [0.2, 0.25) is 0 Å². The zero-order valence-corrected chi connectivity index (χ0v) is 17.9. The number of thioether (sulfide) groups is 1. The molecule has 4 rings (SSSR count). The Hall–Kier alpha value is -2.12. The van der Waals surface area contributed by atoms with E-state index in [9.17, 15) is 9.59 Å². The number of carbonyl (C=O) groups excluding carboxylic acids is 1. The van der Waals surface area contributed by atoms with Gasteiger partial charge >= 0.3 is 0 Å². The Morgan fingerprint density at radius 1 is 1.36 bits per heavy atom. The van der Waals surface area contributed by atoms with Crippen molar-refractivity contribution in [1.82, 2.24) is 9.55 Å². The van der Waals surface area contributed by atoms with Crippen LogP contribution in [-0.2, 0) is 31.1 Å². The lowest BCUT2D eigenvalue weighted by Gasteiger charge is -2.13. The van der Waals surface area contributed by atoms with Gasteiger partial charge in [-0.2, -0.15) is 0 Å². The average molecular weight is 414 g/mol. The van der Waals surface area contributed by atoms with Crippen LogP contribution in [0.5, 0.6) is 0 Å². The van der Waals surface area contributed by atoms with Gasteiger partial charge in [-0.15, -0.1) is 11.3 Å². The zero-order chi connectivity index (χ0) is 19.8. The van der Waals surface area contributed by atoms with Crippen LogP contribution in [0.3, 0.4) is 0 Å². The van der Waals surface area contributed by atoms with Gasteiger partial charge in [-0.1, -0.05) is 36.9 Å². The standard InChI is InChI=1S/C21H23N3O2S2/c1-4-13-8-5-7-12(2)18(13)22-16(25)11-27-21-23-19-17(20(26)24(21)3)14-9-6-10-15(14)28-19/h5,7-8H,4,6,9-11H2,1-3H3,(H,22,25). The molecule has 28 heavy (non-hydrogen) atoms. The lowest BCUT2D eigenvalue weighted by Crippen LogP contribution is -2.21. The summed E-state index contributed by atoms with van der Waals surface area (Å²) in [5, 5.41) is 4.40. The molecule has 0 radical (unpaired) electrons. The number of aryl methyl sites for hydroxylation is 4. The van der Waals surface area contributed by atoms with Crippen molar-refractivity contribution >= 4 is 44.9 Å². The second-order valence-electron chi connectivity index (χ2n) is 7.10. The Balaban J connectivity index is 1.54. The smallest absolute Gasteiger partial charge is 0.262 e. The number of amides is 1. The number of thiophene rings is 1. The molecular formula is C21H23N3O2S2. The number of anilines is 1. The highest BCUT2D eigenvalue weighted by molar-refractivity contribution is 7.99. The van der Waals surface area contributed by atoms with Gasteiger partial charge in [0, 0.05) is 17.6 Å². The van der Waals surface area contributed by atoms with Crippen LogP contribution in [0.1, 0.15) is 34.9 Å². The Kier molecular flexibility index (Phi) is 5.29. The minimum atomic E-state index is -0.0861. The van der Waals surface area contributed by atoms with Crippen LogP contribution in [0.25, 0.3) is 10.2 Å². The van der Waals surface area contributed by atoms with Crippen molar-refractivity contribution in [2.75, 3.05) is 11.1 Å². The molecule has 0 unspecified atom stereocenters. The Morgan fingerprint density at radius 2 is 2.18 bits per heavy atom. The predicted octanol–water partition coefficient (Wildman–Crippen LogP) is 4.09. The van der Waals surface area contributed by atoms with Gasteiger partial charge in [-0.25, -0.2) is 4.98 Å². The van der Waals surface area contributed by atoms with Gasteiger partial charge in [0.25, 0.3) is 5.56 Å². The number of nitrogens with one attached hydrogen (secondary N) is 1. The maximum absolute atomic E-state index is 12.8.